The number of piperidine rings is 1. The Morgan fingerprint density at radius 2 is 1.76 bits per heavy atom. The van der Waals surface area contributed by atoms with Crippen molar-refractivity contribution in [2.45, 2.75) is 58.3 Å². The van der Waals surface area contributed by atoms with Crippen LogP contribution in [0.4, 0.5) is 4.79 Å². The molecule has 2 unspecified atom stereocenters. The second-order valence-corrected chi connectivity index (χ2v) is 10.5. The number of nitrogens with zero attached hydrogens (tertiary/aromatic N) is 1. The summed E-state index contributed by atoms with van der Waals surface area (Å²) in [4.78, 5) is 26.9. The highest BCUT2D eigenvalue weighted by Gasteiger charge is 2.36. The smallest absolute Gasteiger partial charge is 0.410 e. The maximum absolute atomic E-state index is 12.9. The molecule has 1 fully saturated rings. The zero-order valence-electron chi connectivity index (χ0n) is 22.9. The maximum atomic E-state index is 12.9. The zero-order valence-corrected chi connectivity index (χ0v) is 22.9. The van der Waals surface area contributed by atoms with E-state index in [4.69, 9.17) is 18.9 Å². The van der Waals surface area contributed by atoms with Crippen molar-refractivity contribution in [3.05, 3.63) is 77.4 Å². The van der Waals surface area contributed by atoms with E-state index in [0.29, 0.717) is 44.0 Å². The number of esters is 1. The SMILES string of the molecule is CCOC(=O)c1ccc(C2CCN(C(=O)OC(C)(C)C)CC2OCc2ccc3ccccc3c2)c(OC)c1. The van der Waals surface area contributed by atoms with Gasteiger partial charge in [-0.05, 0) is 74.2 Å². The Morgan fingerprint density at radius 1 is 1.00 bits per heavy atom. The lowest BCUT2D eigenvalue weighted by atomic mass is 9.85. The molecule has 0 radical (unpaired) electrons. The van der Waals surface area contributed by atoms with Crippen LogP contribution in [0.15, 0.2) is 60.7 Å². The Morgan fingerprint density at radius 3 is 2.47 bits per heavy atom. The van der Waals surface area contributed by atoms with E-state index in [-0.39, 0.29) is 24.1 Å². The summed E-state index contributed by atoms with van der Waals surface area (Å²) < 4.78 is 23.0. The van der Waals surface area contributed by atoms with Crippen molar-refractivity contribution in [2.24, 2.45) is 0 Å². The first-order valence-electron chi connectivity index (χ1n) is 13.1. The predicted molar refractivity (Wildman–Crippen MR) is 147 cm³/mol. The van der Waals surface area contributed by atoms with Crippen LogP contribution in [0.2, 0.25) is 0 Å². The van der Waals surface area contributed by atoms with E-state index in [2.05, 4.69) is 30.3 Å². The Bertz CT molecular complexity index is 1280. The normalized spacial score (nSPS) is 17.8. The molecule has 0 spiro atoms. The number of methoxy groups -OCH3 is 1. The number of rotatable bonds is 7. The van der Waals surface area contributed by atoms with Gasteiger partial charge in [0.15, 0.2) is 0 Å². The minimum atomic E-state index is -0.582. The van der Waals surface area contributed by atoms with Gasteiger partial charge >= 0.3 is 12.1 Å². The third-order valence-corrected chi connectivity index (χ3v) is 6.63. The van der Waals surface area contributed by atoms with Gasteiger partial charge in [-0.3, -0.25) is 0 Å². The lowest BCUT2D eigenvalue weighted by molar-refractivity contribution is -0.0362. The number of carbonyl (C=O) groups excluding carboxylic acids is 2. The van der Waals surface area contributed by atoms with Gasteiger partial charge in [-0.25, -0.2) is 9.59 Å². The molecule has 38 heavy (non-hydrogen) atoms. The van der Waals surface area contributed by atoms with E-state index in [0.717, 1.165) is 16.5 Å². The number of carbonyl (C=O) groups is 2. The average Bonchev–Trinajstić information content (AvgIpc) is 2.90. The van der Waals surface area contributed by atoms with Crippen molar-refractivity contribution >= 4 is 22.8 Å². The molecule has 3 aromatic rings. The fourth-order valence-corrected chi connectivity index (χ4v) is 4.82. The summed E-state index contributed by atoms with van der Waals surface area (Å²) >= 11 is 0. The Kier molecular flexibility index (Phi) is 8.57. The molecule has 7 heteroatoms. The van der Waals surface area contributed by atoms with Gasteiger partial charge in [0.2, 0.25) is 0 Å². The lowest BCUT2D eigenvalue weighted by Crippen LogP contribution is -2.48. The summed E-state index contributed by atoms with van der Waals surface area (Å²) in [7, 11) is 1.59. The van der Waals surface area contributed by atoms with Gasteiger partial charge in [0.1, 0.15) is 11.4 Å². The molecule has 0 aliphatic carbocycles. The van der Waals surface area contributed by atoms with Gasteiger partial charge in [-0.15, -0.1) is 0 Å². The first-order chi connectivity index (χ1) is 18.2. The van der Waals surface area contributed by atoms with Crippen molar-refractivity contribution < 1.29 is 28.5 Å². The van der Waals surface area contributed by atoms with Crippen molar-refractivity contribution in [1.82, 2.24) is 4.90 Å². The Labute approximate surface area is 224 Å². The number of amides is 1. The van der Waals surface area contributed by atoms with Crippen LogP contribution in [-0.4, -0.2) is 55.5 Å². The molecule has 0 N–H and O–H groups in total. The molecule has 4 rings (SSSR count). The topological polar surface area (TPSA) is 74.3 Å². The second kappa shape index (κ2) is 11.9. The van der Waals surface area contributed by atoms with Crippen LogP contribution < -0.4 is 4.74 Å². The molecule has 0 bridgehead atoms. The summed E-state index contributed by atoms with van der Waals surface area (Å²) in [5, 5.41) is 2.33. The van der Waals surface area contributed by atoms with Crippen LogP contribution in [0.3, 0.4) is 0 Å². The van der Waals surface area contributed by atoms with Gasteiger partial charge in [0, 0.05) is 12.5 Å². The van der Waals surface area contributed by atoms with Crippen LogP contribution in [0, 0.1) is 0 Å². The molecule has 1 heterocycles. The zero-order chi connectivity index (χ0) is 27.3. The summed E-state index contributed by atoms with van der Waals surface area (Å²) in [5.41, 5.74) is 1.85. The molecule has 1 amide bonds. The van der Waals surface area contributed by atoms with E-state index in [1.165, 1.54) is 5.39 Å². The van der Waals surface area contributed by atoms with E-state index in [9.17, 15) is 9.59 Å². The summed E-state index contributed by atoms with van der Waals surface area (Å²) in [6.07, 6.45) is 0.0153. The molecular weight excluding hydrogens is 482 g/mol. The Hall–Kier alpha value is -3.58. The number of hydrogen-bond donors (Lipinski definition) is 0. The number of hydrogen-bond acceptors (Lipinski definition) is 6. The molecular formula is C31H37NO6. The molecule has 1 aliphatic rings. The first kappa shape index (κ1) is 27.5. The summed E-state index contributed by atoms with van der Waals surface area (Å²) in [6.45, 7) is 8.98. The third-order valence-electron chi connectivity index (χ3n) is 6.63. The van der Waals surface area contributed by atoms with E-state index >= 15 is 0 Å². The minimum absolute atomic E-state index is 0.0414. The van der Waals surface area contributed by atoms with Gasteiger partial charge in [0.25, 0.3) is 0 Å². The largest absolute Gasteiger partial charge is 0.496 e. The average molecular weight is 520 g/mol. The maximum Gasteiger partial charge on any atom is 0.410 e. The molecule has 0 aromatic heterocycles. The van der Waals surface area contributed by atoms with Crippen molar-refractivity contribution in [3.8, 4) is 5.75 Å². The highest BCUT2D eigenvalue weighted by Crippen LogP contribution is 2.37. The van der Waals surface area contributed by atoms with Crippen LogP contribution in [-0.2, 0) is 20.8 Å². The first-order valence-corrected chi connectivity index (χ1v) is 13.1. The lowest BCUT2D eigenvalue weighted by Gasteiger charge is -2.39. The number of benzene rings is 3. The highest BCUT2D eigenvalue weighted by atomic mass is 16.6. The van der Waals surface area contributed by atoms with Crippen LogP contribution in [0.25, 0.3) is 10.8 Å². The standard InChI is InChI=1S/C31H37NO6/c1-6-36-29(33)24-13-14-25(27(18-24)35-5)26-15-16-32(30(34)38-31(2,3)4)19-28(26)37-20-21-11-12-22-9-7-8-10-23(22)17-21/h7-14,17-18,26,28H,6,15-16,19-20H2,1-5H3. The van der Waals surface area contributed by atoms with Gasteiger partial charge in [-0.1, -0.05) is 42.5 Å². The molecule has 202 valence electrons. The minimum Gasteiger partial charge on any atom is -0.496 e. The van der Waals surface area contributed by atoms with E-state index in [1.807, 2.05) is 39.0 Å². The molecule has 7 nitrogen and oxygen atoms in total. The molecule has 2 atom stereocenters. The van der Waals surface area contributed by atoms with Gasteiger partial charge < -0.3 is 23.8 Å². The Balaban J connectivity index is 1.59. The quantitative estimate of drug-likeness (QED) is 0.339. The third kappa shape index (κ3) is 6.64. The predicted octanol–water partition coefficient (Wildman–Crippen LogP) is 6.33. The molecule has 3 aromatic carbocycles. The van der Waals surface area contributed by atoms with Crippen molar-refractivity contribution in [3.63, 3.8) is 0 Å². The fraction of sp³-hybridized carbons (Fsp3) is 0.419. The van der Waals surface area contributed by atoms with Gasteiger partial charge in [0.05, 0.1) is 38.5 Å². The van der Waals surface area contributed by atoms with Crippen LogP contribution in [0.1, 0.15) is 61.5 Å². The van der Waals surface area contributed by atoms with Crippen molar-refractivity contribution in [2.75, 3.05) is 26.8 Å². The van der Waals surface area contributed by atoms with Gasteiger partial charge in [-0.2, -0.15) is 0 Å². The number of ether oxygens (including phenoxy) is 4. The molecule has 1 aliphatic heterocycles. The van der Waals surface area contributed by atoms with E-state index < -0.39 is 5.60 Å². The van der Waals surface area contributed by atoms with Crippen molar-refractivity contribution in [1.29, 1.82) is 0 Å². The van der Waals surface area contributed by atoms with E-state index in [1.54, 1.807) is 31.1 Å². The fourth-order valence-electron chi connectivity index (χ4n) is 4.82. The highest BCUT2D eigenvalue weighted by molar-refractivity contribution is 5.90. The number of fused-ring (bicyclic) bond motifs is 1. The number of likely N-dealkylation sites (tertiary alicyclic amines) is 1. The monoisotopic (exact) mass is 519 g/mol. The molecule has 0 saturated carbocycles. The summed E-state index contributed by atoms with van der Waals surface area (Å²) in [5.74, 6) is 0.173. The summed E-state index contributed by atoms with van der Waals surface area (Å²) in [6, 6.07) is 19.9. The van der Waals surface area contributed by atoms with Crippen LogP contribution in [0.5, 0.6) is 5.75 Å². The second-order valence-electron chi connectivity index (χ2n) is 10.5. The van der Waals surface area contributed by atoms with Crippen LogP contribution >= 0.6 is 0 Å². The molecule has 1 saturated heterocycles.